The molecule has 0 saturated heterocycles. The number of hydrogen-bond donors (Lipinski definition) is 3. The first kappa shape index (κ1) is 23.9. The van der Waals surface area contributed by atoms with Gasteiger partial charge in [0.2, 0.25) is 15.9 Å². The second-order valence-electron chi connectivity index (χ2n) is 7.08. The average molecular weight is 418 g/mol. The van der Waals surface area contributed by atoms with Crippen LogP contribution in [0.15, 0.2) is 29.2 Å². The second kappa shape index (κ2) is 11.6. The maximum absolute atomic E-state index is 12.7. The van der Waals surface area contributed by atoms with E-state index in [0.29, 0.717) is 11.6 Å². The van der Waals surface area contributed by atoms with E-state index < -0.39 is 10.0 Å². The number of halogens is 1. The highest BCUT2D eigenvalue weighted by Crippen LogP contribution is 2.32. The van der Waals surface area contributed by atoms with E-state index in [9.17, 15) is 13.2 Å². The molecule has 1 aliphatic rings. The number of hydrogen-bond acceptors (Lipinski definition) is 4. The van der Waals surface area contributed by atoms with Gasteiger partial charge in [0, 0.05) is 24.7 Å². The van der Waals surface area contributed by atoms with Gasteiger partial charge in [-0.2, -0.15) is 0 Å². The predicted molar refractivity (Wildman–Crippen MR) is 112 cm³/mol. The number of carbonyl (C=O) groups excluding carboxylic acids is 1. The Balaban J connectivity index is 0.00000364. The van der Waals surface area contributed by atoms with Gasteiger partial charge in [-0.25, -0.2) is 13.1 Å². The van der Waals surface area contributed by atoms with Crippen LogP contribution in [-0.4, -0.2) is 27.4 Å². The van der Waals surface area contributed by atoms with Crippen LogP contribution in [0.5, 0.6) is 0 Å². The minimum absolute atomic E-state index is 0. The summed E-state index contributed by atoms with van der Waals surface area (Å²) < 4.78 is 26.9. The molecule has 27 heavy (non-hydrogen) atoms. The third kappa shape index (κ3) is 7.41. The average Bonchev–Trinajstić information content (AvgIpc) is 3.13. The summed E-state index contributed by atoms with van der Waals surface area (Å²) in [6.45, 7) is 2.50. The first-order valence-electron chi connectivity index (χ1n) is 9.57. The van der Waals surface area contributed by atoms with Crippen molar-refractivity contribution in [2.24, 2.45) is 17.6 Å². The van der Waals surface area contributed by atoms with E-state index >= 15 is 0 Å². The van der Waals surface area contributed by atoms with Crippen LogP contribution in [0.3, 0.4) is 0 Å². The van der Waals surface area contributed by atoms with Gasteiger partial charge in [0.25, 0.3) is 0 Å². The SMILES string of the molecule is CCCC(CC1CCCC1)C(=O)Nc1cccc(S(=O)(=O)NCCN)c1.Cl. The van der Waals surface area contributed by atoms with Gasteiger partial charge in [-0.05, 0) is 37.0 Å². The molecule has 154 valence electrons. The molecule has 0 aromatic heterocycles. The highest BCUT2D eigenvalue weighted by molar-refractivity contribution is 7.89. The molecule has 1 aromatic rings. The molecule has 0 heterocycles. The largest absolute Gasteiger partial charge is 0.329 e. The maximum atomic E-state index is 12.7. The van der Waals surface area contributed by atoms with Crippen molar-refractivity contribution in [1.82, 2.24) is 4.72 Å². The van der Waals surface area contributed by atoms with Crippen molar-refractivity contribution < 1.29 is 13.2 Å². The summed E-state index contributed by atoms with van der Waals surface area (Å²) in [5.74, 6) is 0.617. The smallest absolute Gasteiger partial charge is 0.240 e. The molecule has 1 unspecified atom stereocenters. The van der Waals surface area contributed by atoms with Gasteiger partial charge in [0.1, 0.15) is 0 Å². The minimum atomic E-state index is -3.61. The summed E-state index contributed by atoms with van der Waals surface area (Å²) >= 11 is 0. The Bertz CT molecular complexity index is 691. The fourth-order valence-electron chi connectivity index (χ4n) is 3.61. The third-order valence-electron chi connectivity index (χ3n) is 4.95. The van der Waals surface area contributed by atoms with E-state index in [2.05, 4.69) is 17.0 Å². The summed E-state index contributed by atoms with van der Waals surface area (Å²) in [5, 5.41) is 2.91. The molecule has 1 aromatic carbocycles. The molecule has 1 atom stereocenters. The molecule has 4 N–H and O–H groups in total. The minimum Gasteiger partial charge on any atom is -0.329 e. The molecule has 1 saturated carbocycles. The first-order chi connectivity index (χ1) is 12.5. The van der Waals surface area contributed by atoms with Crippen molar-refractivity contribution in [3.05, 3.63) is 24.3 Å². The Morgan fingerprint density at radius 2 is 2.00 bits per heavy atom. The number of sulfonamides is 1. The van der Waals surface area contributed by atoms with Crippen LogP contribution in [0.25, 0.3) is 0 Å². The lowest BCUT2D eigenvalue weighted by atomic mass is 9.89. The van der Waals surface area contributed by atoms with Crippen LogP contribution in [0.1, 0.15) is 51.9 Å². The molecule has 8 heteroatoms. The van der Waals surface area contributed by atoms with Crippen molar-refractivity contribution in [3.63, 3.8) is 0 Å². The highest BCUT2D eigenvalue weighted by atomic mass is 35.5. The lowest BCUT2D eigenvalue weighted by molar-refractivity contribution is -0.120. The molecule has 0 aliphatic heterocycles. The summed E-state index contributed by atoms with van der Waals surface area (Å²) in [4.78, 5) is 12.9. The topological polar surface area (TPSA) is 101 Å². The van der Waals surface area contributed by atoms with Gasteiger partial charge in [-0.15, -0.1) is 12.4 Å². The Labute approximate surface area is 169 Å². The van der Waals surface area contributed by atoms with Crippen molar-refractivity contribution in [2.45, 2.75) is 56.8 Å². The predicted octanol–water partition coefficient (Wildman–Crippen LogP) is 3.28. The summed E-state index contributed by atoms with van der Waals surface area (Å²) in [6, 6.07) is 6.36. The summed E-state index contributed by atoms with van der Waals surface area (Å²) in [6.07, 6.45) is 7.71. The second-order valence-corrected chi connectivity index (χ2v) is 8.84. The zero-order valence-corrected chi connectivity index (χ0v) is 17.6. The molecule has 1 fully saturated rings. The van der Waals surface area contributed by atoms with E-state index in [1.54, 1.807) is 12.1 Å². The Morgan fingerprint density at radius 1 is 1.30 bits per heavy atom. The van der Waals surface area contributed by atoms with Crippen LogP contribution < -0.4 is 15.8 Å². The number of rotatable bonds is 10. The quantitative estimate of drug-likeness (QED) is 0.543. The number of benzene rings is 1. The van der Waals surface area contributed by atoms with Crippen molar-refractivity contribution in [1.29, 1.82) is 0 Å². The zero-order chi connectivity index (χ0) is 19.0. The number of carbonyl (C=O) groups is 1. The van der Waals surface area contributed by atoms with Gasteiger partial charge in [-0.3, -0.25) is 4.79 Å². The number of nitrogens with one attached hydrogen (secondary N) is 2. The molecular weight excluding hydrogens is 386 g/mol. The fourth-order valence-corrected chi connectivity index (χ4v) is 4.71. The Hall–Kier alpha value is -1.15. The molecule has 0 bridgehead atoms. The molecule has 0 radical (unpaired) electrons. The van der Waals surface area contributed by atoms with E-state index in [0.717, 1.165) is 19.3 Å². The Kier molecular flexibility index (Phi) is 10.3. The van der Waals surface area contributed by atoms with Crippen LogP contribution in [0.2, 0.25) is 0 Å². The van der Waals surface area contributed by atoms with E-state index in [-0.39, 0.29) is 42.2 Å². The first-order valence-corrected chi connectivity index (χ1v) is 11.0. The van der Waals surface area contributed by atoms with Crippen LogP contribution >= 0.6 is 12.4 Å². The molecule has 0 spiro atoms. The van der Waals surface area contributed by atoms with Gasteiger partial charge < -0.3 is 11.1 Å². The number of nitrogens with two attached hydrogens (primary N) is 1. The molecule has 1 aliphatic carbocycles. The monoisotopic (exact) mass is 417 g/mol. The molecule has 2 rings (SSSR count). The lowest BCUT2D eigenvalue weighted by Crippen LogP contribution is -2.29. The van der Waals surface area contributed by atoms with E-state index in [1.807, 2.05) is 0 Å². The standard InChI is InChI=1S/C19H31N3O3S.ClH/c1-2-6-16(13-15-7-3-4-8-15)19(23)22-17-9-5-10-18(14-17)26(24,25)21-12-11-20;/h5,9-10,14-16,21H,2-4,6-8,11-13,20H2,1H3,(H,22,23);1H. The molecule has 1 amide bonds. The summed E-state index contributed by atoms with van der Waals surface area (Å²) in [5.41, 5.74) is 5.87. The molecule has 6 nitrogen and oxygen atoms in total. The third-order valence-corrected chi connectivity index (χ3v) is 6.41. The Morgan fingerprint density at radius 3 is 2.63 bits per heavy atom. The highest BCUT2D eigenvalue weighted by Gasteiger charge is 2.25. The number of anilines is 1. The van der Waals surface area contributed by atoms with Gasteiger partial charge in [0.05, 0.1) is 4.90 Å². The van der Waals surface area contributed by atoms with Gasteiger partial charge >= 0.3 is 0 Å². The van der Waals surface area contributed by atoms with Crippen LogP contribution in [0.4, 0.5) is 5.69 Å². The summed E-state index contributed by atoms with van der Waals surface area (Å²) in [7, 11) is -3.61. The lowest BCUT2D eigenvalue weighted by Gasteiger charge is -2.20. The number of amides is 1. The maximum Gasteiger partial charge on any atom is 0.240 e. The van der Waals surface area contributed by atoms with E-state index in [1.165, 1.54) is 37.8 Å². The molecular formula is C19H32ClN3O3S. The van der Waals surface area contributed by atoms with Crippen LogP contribution in [-0.2, 0) is 14.8 Å². The normalized spacial score (nSPS) is 15.9. The van der Waals surface area contributed by atoms with Crippen molar-refractivity contribution in [3.8, 4) is 0 Å². The fraction of sp³-hybridized carbons (Fsp3) is 0.632. The van der Waals surface area contributed by atoms with Gasteiger partial charge in [-0.1, -0.05) is 45.1 Å². The van der Waals surface area contributed by atoms with Gasteiger partial charge in [0.15, 0.2) is 0 Å². The van der Waals surface area contributed by atoms with Crippen molar-refractivity contribution >= 4 is 34.0 Å². The van der Waals surface area contributed by atoms with E-state index in [4.69, 9.17) is 5.73 Å². The van der Waals surface area contributed by atoms with Crippen molar-refractivity contribution in [2.75, 3.05) is 18.4 Å². The van der Waals surface area contributed by atoms with Crippen LogP contribution in [0, 0.1) is 11.8 Å². The zero-order valence-electron chi connectivity index (χ0n) is 15.9.